The Morgan fingerprint density at radius 3 is 2.64 bits per heavy atom. The summed E-state index contributed by atoms with van der Waals surface area (Å²) in [5, 5.41) is 0. The lowest BCUT2D eigenvalue weighted by Crippen LogP contribution is -2.42. The Balaban J connectivity index is 1.77. The van der Waals surface area contributed by atoms with Gasteiger partial charge in [0, 0.05) is 19.6 Å². The first-order chi connectivity index (χ1) is 10.4. The number of sulfonamides is 1. The molecule has 0 aromatic carbocycles. The molecule has 0 radical (unpaired) electrons. The average Bonchev–Trinajstić information content (AvgIpc) is 2.98. The van der Waals surface area contributed by atoms with Crippen LogP contribution in [0.3, 0.4) is 0 Å². The van der Waals surface area contributed by atoms with E-state index in [1.54, 1.807) is 11.0 Å². The lowest BCUT2D eigenvalue weighted by Gasteiger charge is -2.31. The molecule has 7 heteroatoms. The second-order valence-electron chi connectivity index (χ2n) is 6.27. The zero-order chi connectivity index (χ0) is 16.2. The van der Waals surface area contributed by atoms with Crippen LogP contribution < -0.4 is 4.72 Å². The highest BCUT2D eigenvalue weighted by Crippen LogP contribution is 2.19. The normalized spacial score (nSPS) is 17.1. The first kappa shape index (κ1) is 17.0. The van der Waals surface area contributed by atoms with E-state index in [0.29, 0.717) is 25.2 Å². The Hall–Kier alpha value is -1.34. The molecule has 1 aromatic rings. The van der Waals surface area contributed by atoms with Crippen LogP contribution in [0.15, 0.2) is 23.0 Å². The van der Waals surface area contributed by atoms with Gasteiger partial charge >= 0.3 is 0 Å². The second-order valence-corrected chi connectivity index (χ2v) is 8.12. The predicted octanol–water partition coefficient (Wildman–Crippen LogP) is 1.71. The summed E-state index contributed by atoms with van der Waals surface area (Å²) >= 11 is 0. The van der Waals surface area contributed by atoms with Crippen molar-refractivity contribution in [3.8, 4) is 0 Å². The molecule has 124 valence electrons. The Labute approximate surface area is 131 Å². The van der Waals surface area contributed by atoms with Crippen LogP contribution in [0, 0.1) is 11.8 Å². The first-order valence-corrected chi connectivity index (χ1v) is 9.31. The fraction of sp³-hybridized carbons (Fsp3) is 0.667. The lowest BCUT2D eigenvalue weighted by atomic mass is 9.97. The number of rotatable bonds is 6. The van der Waals surface area contributed by atoms with Crippen LogP contribution in [0.1, 0.15) is 37.0 Å². The lowest BCUT2D eigenvalue weighted by molar-refractivity contribution is 0.0691. The van der Waals surface area contributed by atoms with Gasteiger partial charge in [-0.2, -0.15) is 0 Å². The number of piperidine rings is 1. The number of carbonyl (C=O) groups is 1. The van der Waals surface area contributed by atoms with Crippen molar-refractivity contribution < 1.29 is 17.6 Å². The number of furan rings is 1. The molecule has 0 saturated carbocycles. The fourth-order valence-corrected chi connectivity index (χ4v) is 4.14. The standard InChI is InChI=1S/C15H24N2O4S/c1-12(2)11-22(19,20)16-9-13-3-6-17(7-4-13)15(18)14-5-8-21-10-14/h5,8,10,12-13,16H,3-4,6-7,9,11H2,1-2H3. The molecular weight excluding hydrogens is 304 g/mol. The third kappa shape index (κ3) is 4.84. The molecule has 1 aliphatic rings. The molecule has 22 heavy (non-hydrogen) atoms. The van der Waals surface area contributed by atoms with E-state index in [4.69, 9.17) is 4.42 Å². The highest BCUT2D eigenvalue weighted by Gasteiger charge is 2.25. The molecule has 2 rings (SSSR count). The van der Waals surface area contributed by atoms with Crippen molar-refractivity contribution in [3.05, 3.63) is 24.2 Å². The van der Waals surface area contributed by atoms with Crippen molar-refractivity contribution in [2.75, 3.05) is 25.4 Å². The summed E-state index contributed by atoms with van der Waals surface area (Å²) in [7, 11) is -3.19. The number of nitrogens with one attached hydrogen (secondary N) is 1. The molecule has 1 N–H and O–H groups in total. The molecule has 2 heterocycles. The monoisotopic (exact) mass is 328 g/mol. The average molecular weight is 328 g/mol. The van der Waals surface area contributed by atoms with Gasteiger partial charge in [-0.15, -0.1) is 0 Å². The van der Waals surface area contributed by atoms with E-state index >= 15 is 0 Å². The van der Waals surface area contributed by atoms with Crippen molar-refractivity contribution in [1.29, 1.82) is 0 Å². The Bertz CT molecular complexity index is 573. The summed E-state index contributed by atoms with van der Waals surface area (Å²) in [6.07, 6.45) is 4.57. The SMILES string of the molecule is CC(C)CS(=O)(=O)NCC1CCN(C(=O)c2ccoc2)CC1. The highest BCUT2D eigenvalue weighted by molar-refractivity contribution is 7.89. The number of amides is 1. The van der Waals surface area contributed by atoms with Gasteiger partial charge in [-0.05, 0) is 30.7 Å². The maximum absolute atomic E-state index is 12.2. The van der Waals surface area contributed by atoms with E-state index in [1.165, 1.54) is 12.5 Å². The maximum atomic E-state index is 12.2. The second kappa shape index (κ2) is 7.28. The third-order valence-corrected chi connectivity index (χ3v) is 5.53. The largest absolute Gasteiger partial charge is 0.472 e. The fourth-order valence-electron chi connectivity index (χ4n) is 2.65. The van der Waals surface area contributed by atoms with Crippen LogP contribution in [0.2, 0.25) is 0 Å². The molecule has 0 bridgehead atoms. The van der Waals surface area contributed by atoms with E-state index in [2.05, 4.69) is 4.72 Å². The number of hydrogen-bond donors (Lipinski definition) is 1. The zero-order valence-corrected chi connectivity index (χ0v) is 13.9. The van der Waals surface area contributed by atoms with E-state index in [1.807, 2.05) is 13.8 Å². The van der Waals surface area contributed by atoms with Crippen molar-refractivity contribution in [2.45, 2.75) is 26.7 Å². The van der Waals surface area contributed by atoms with Crippen molar-refractivity contribution >= 4 is 15.9 Å². The molecule has 1 amide bonds. The first-order valence-electron chi connectivity index (χ1n) is 7.66. The number of nitrogens with zero attached hydrogens (tertiary/aromatic N) is 1. The topological polar surface area (TPSA) is 79.6 Å². The molecule has 0 spiro atoms. The van der Waals surface area contributed by atoms with Crippen LogP contribution >= 0.6 is 0 Å². The van der Waals surface area contributed by atoms with Gasteiger partial charge in [0.2, 0.25) is 10.0 Å². The Kier molecular flexibility index (Phi) is 5.63. The number of hydrogen-bond acceptors (Lipinski definition) is 4. The summed E-state index contributed by atoms with van der Waals surface area (Å²) in [5.41, 5.74) is 0.566. The van der Waals surface area contributed by atoms with Gasteiger partial charge in [0.25, 0.3) is 5.91 Å². The van der Waals surface area contributed by atoms with E-state index in [-0.39, 0.29) is 23.5 Å². The molecule has 1 fully saturated rings. The van der Waals surface area contributed by atoms with Gasteiger partial charge in [-0.1, -0.05) is 13.8 Å². The summed E-state index contributed by atoms with van der Waals surface area (Å²) < 4.78 is 31.3. The zero-order valence-electron chi connectivity index (χ0n) is 13.1. The summed E-state index contributed by atoms with van der Waals surface area (Å²) in [4.78, 5) is 14.0. The quantitative estimate of drug-likeness (QED) is 0.862. The minimum atomic E-state index is -3.19. The van der Waals surface area contributed by atoms with Crippen LogP contribution in [-0.4, -0.2) is 44.6 Å². The van der Waals surface area contributed by atoms with Gasteiger partial charge in [-0.3, -0.25) is 4.79 Å². The van der Waals surface area contributed by atoms with E-state index in [9.17, 15) is 13.2 Å². The van der Waals surface area contributed by atoms with Gasteiger partial charge in [-0.25, -0.2) is 13.1 Å². The minimum absolute atomic E-state index is 0.0208. The van der Waals surface area contributed by atoms with Gasteiger partial charge < -0.3 is 9.32 Å². The molecule has 0 atom stereocenters. The van der Waals surface area contributed by atoms with Crippen molar-refractivity contribution in [3.63, 3.8) is 0 Å². The molecular formula is C15H24N2O4S. The van der Waals surface area contributed by atoms with E-state index in [0.717, 1.165) is 12.8 Å². The Morgan fingerprint density at radius 1 is 1.41 bits per heavy atom. The molecule has 0 aliphatic carbocycles. The molecule has 1 aliphatic heterocycles. The summed E-state index contributed by atoms with van der Waals surface area (Å²) in [6, 6.07) is 1.66. The van der Waals surface area contributed by atoms with Crippen LogP contribution in [0.4, 0.5) is 0 Å². The van der Waals surface area contributed by atoms with Gasteiger partial charge in [0.15, 0.2) is 0 Å². The van der Waals surface area contributed by atoms with Crippen LogP contribution in [0.25, 0.3) is 0 Å². The smallest absolute Gasteiger partial charge is 0.257 e. The summed E-state index contributed by atoms with van der Waals surface area (Å²) in [6.45, 7) is 5.54. The maximum Gasteiger partial charge on any atom is 0.257 e. The molecule has 0 unspecified atom stereocenters. The van der Waals surface area contributed by atoms with Crippen molar-refractivity contribution in [2.24, 2.45) is 11.8 Å². The summed E-state index contributed by atoms with van der Waals surface area (Å²) in [5.74, 6) is 0.542. The van der Waals surface area contributed by atoms with E-state index < -0.39 is 10.0 Å². The highest BCUT2D eigenvalue weighted by atomic mass is 32.2. The molecule has 1 aromatic heterocycles. The molecule has 1 saturated heterocycles. The third-order valence-electron chi connectivity index (χ3n) is 3.81. The van der Waals surface area contributed by atoms with Crippen LogP contribution in [-0.2, 0) is 10.0 Å². The molecule has 6 nitrogen and oxygen atoms in total. The van der Waals surface area contributed by atoms with Gasteiger partial charge in [0.05, 0.1) is 17.6 Å². The predicted molar refractivity (Wildman–Crippen MR) is 84.0 cm³/mol. The van der Waals surface area contributed by atoms with Gasteiger partial charge in [0.1, 0.15) is 6.26 Å². The minimum Gasteiger partial charge on any atom is -0.472 e. The number of likely N-dealkylation sites (tertiary alicyclic amines) is 1. The van der Waals surface area contributed by atoms with Crippen LogP contribution in [0.5, 0.6) is 0 Å². The number of carbonyl (C=O) groups excluding carboxylic acids is 1. The Morgan fingerprint density at radius 2 is 2.09 bits per heavy atom. The van der Waals surface area contributed by atoms with Crippen molar-refractivity contribution in [1.82, 2.24) is 9.62 Å².